The summed E-state index contributed by atoms with van der Waals surface area (Å²) >= 11 is 0. The van der Waals surface area contributed by atoms with E-state index in [0.29, 0.717) is 24.7 Å². The zero-order chi connectivity index (χ0) is 22.7. The second-order valence-corrected chi connectivity index (χ2v) is 9.06. The average Bonchev–Trinajstić information content (AvgIpc) is 3.09. The Morgan fingerprint density at radius 2 is 2.09 bits per heavy atom. The third-order valence-electron chi connectivity index (χ3n) is 5.83. The van der Waals surface area contributed by atoms with Gasteiger partial charge in [-0.15, -0.1) is 0 Å². The van der Waals surface area contributed by atoms with Crippen molar-refractivity contribution in [3.8, 4) is 0 Å². The van der Waals surface area contributed by atoms with Crippen LogP contribution in [0.2, 0.25) is 0 Å². The molecule has 2 aromatic heterocycles. The number of imidazole rings is 1. The summed E-state index contributed by atoms with van der Waals surface area (Å²) in [6.45, 7) is 5.62. The van der Waals surface area contributed by atoms with Gasteiger partial charge in [0.15, 0.2) is 0 Å². The zero-order valence-corrected chi connectivity index (χ0v) is 18.6. The Morgan fingerprint density at radius 1 is 1.28 bits per heavy atom. The number of hydrogen-bond acceptors (Lipinski definition) is 5. The number of pyridine rings is 1. The molecule has 1 fully saturated rings. The molecule has 1 aliphatic rings. The molecule has 0 saturated carbocycles. The van der Waals surface area contributed by atoms with E-state index in [4.69, 9.17) is 4.98 Å². The van der Waals surface area contributed by atoms with Gasteiger partial charge in [-0.05, 0) is 43.0 Å². The molecule has 7 nitrogen and oxygen atoms in total. The number of aliphatic hydroxyl groups is 1. The molecule has 1 unspecified atom stereocenters. The van der Waals surface area contributed by atoms with Crippen molar-refractivity contribution in [3.63, 3.8) is 0 Å². The van der Waals surface area contributed by atoms with Gasteiger partial charge in [-0.25, -0.2) is 14.4 Å². The standard InChI is InChI=1S/C24H30FN5O2/c1-17(2)12-22-28-19-6-3-4-7-20(19)30(22)14-23(31)27-15-24(32)10-5-11-29(16-24)21-9-8-18(25)13-26-21/h3-4,6-9,13,17,32H,5,10-12,14-16H2,1-2H3,(H,27,31). The number of anilines is 1. The van der Waals surface area contributed by atoms with Gasteiger partial charge in [-0.3, -0.25) is 4.79 Å². The second-order valence-electron chi connectivity index (χ2n) is 9.06. The third kappa shape index (κ3) is 5.07. The van der Waals surface area contributed by atoms with Crippen molar-refractivity contribution in [3.05, 3.63) is 54.2 Å². The number of aromatic nitrogens is 3. The number of piperidine rings is 1. The van der Waals surface area contributed by atoms with E-state index in [-0.39, 0.29) is 19.0 Å². The van der Waals surface area contributed by atoms with Gasteiger partial charge in [-0.2, -0.15) is 0 Å². The number of rotatable bonds is 7. The maximum Gasteiger partial charge on any atom is 0.240 e. The molecule has 1 saturated heterocycles. The highest BCUT2D eigenvalue weighted by Crippen LogP contribution is 2.25. The first kappa shape index (κ1) is 22.2. The number of hydrogen-bond donors (Lipinski definition) is 2. The predicted molar refractivity (Wildman–Crippen MR) is 122 cm³/mol. The normalized spacial score (nSPS) is 19.0. The van der Waals surface area contributed by atoms with E-state index in [2.05, 4.69) is 24.1 Å². The lowest BCUT2D eigenvalue weighted by molar-refractivity contribution is -0.123. The monoisotopic (exact) mass is 439 g/mol. The minimum Gasteiger partial charge on any atom is -0.386 e. The van der Waals surface area contributed by atoms with E-state index in [1.54, 1.807) is 6.07 Å². The molecule has 0 radical (unpaired) electrons. The van der Waals surface area contributed by atoms with Crippen LogP contribution in [-0.2, 0) is 17.8 Å². The molecular formula is C24H30FN5O2. The lowest BCUT2D eigenvalue weighted by Crippen LogP contribution is -2.54. The maximum atomic E-state index is 13.2. The van der Waals surface area contributed by atoms with Crippen LogP contribution in [0.4, 0.5) is 10.2 Å². The number of nitrogens with one attached hydrogen (secondary N) is 1. The smallest absolute Gasteiger partial charge is 0.240 e. The molecule has 1 amide bonds. The second kappa shape index (κ2) is 9.24. The van der Waals surface area contributed by atoms with Crippen molar-refractivity contribution in [2.24, 2.45) is 5.92 Å². The highest BCUT2D eigenvalue weighted by molar-refractivity contribution is 5.81. The third-order valence-corrected chi connectivity index (χ3v) is 5.83. The summed E-state index contributed by atoms with van der Waals surface area (Å²) in [4.78, 5) is 23.6. The minimum atomic E-state index is -1.07. The fraction of sp³-hybridized carbons (Fsp3) is 0.458. The Labute approximate surface area is 187 Å². The number of amides is 1. The van der Waals surface area contributed by atoms with E-state index in [0.717, 1.165) is 36.2 Å². The van der Waals surface area contributed by atoms with Crippen LogP contribution in [0, 0.1) is 11.7 Å². The number of halogens is 1. The van der Waals surface area contributed by atoms with Crippen molar-refractivity contribution < 1.29 is 14.3 Å². The van der Waals surface area contributed by atoms with Crippen LogP contribution in [0.3, 0.4) is 0 Å². The fourth-order valence-electron chi connectivity index (χ4n) is 4.29. The lowest BCUT2D eigenvalue weighted by atomic mass is 9.92. The summed E-state index contributed by atoms with van der Waals surface area (Å²) in [6.07, 6.45) is 3.30. The quantitative estimate of drug-likeness (QED) is 0.592. The Hall–Kier alpha value is -3.00. The van der Waals surface area contributed by atoms with Gasteiger partial charge < -0.3 is 19.9 Å². The number of nitrogens with zero attached hydrogens (tertiary/aromatic N) is 4. The topological polar surface area (TPSA) is 83.3 Å². The molecule has 3 heterocycles. The van der Waals surface area contributed by atoms with E-state index in [9.17, 15) is 14.3 Å². The van der Waals surface area contributed by atoms with Crippen molar-refractivity contribution in [1.82, 2.24) is 19.9 Å². The van der Waals surface area contributed by atoms with Crippen LogP contribution in [0.1, 0.15) is 32.5 Å². The number of carbonyl (C=O) groups excluding carboxylic acids is 1. The Morgan fingerprint density at radius 3 is 2.84 bits per heavy atom. The van der Waals surface area contributed by atoms with Crippen LogP contribution in [0.5, 0.6) is 0 Å². The Balaban J connectivity index is 1.42. The summed E-state index contributed by atoms with van der Waals surface area (Å²) in [5.74, 6) is 1.38. The molecule has 2 N–H and O–H groups in total. The Bertz CT molecular complexity index is 1080. The number of carbonyl (C=O) groups is 1. The molecular weight excluding hydrogens is 409 g/mol. The molecule has 4 rings (SSSR count). The molecule has 8 heteroatoms. The zero-order valence-electron chi connectivity index (χ0n) is 18.6. The van der Waals surface area contributed by atoms with Gasteiger partial charge in [0.05, 0.1) is 22.8 Å². The predicted octanol–water partition coefficient (Wildman–Crippen LogP) is 2.92. The lowest BCUT2D eigenvalue weighted by Gasteiger charge is -2.39. The number of para-hydroxylation sites is 2. The first-order valence-corrected chi connectivity index (χ1v) is 11.1. The van der Waals surface area contributed by atoms with E-state index in [1.165, 1.54) is 12.3 Å². The molecule has 1 aliphatic heterocycles. The number of β-amino-alcohol motifs (C(OH)–C–C–N with tert-alkyl or cyclic N) is 1. The van der Waals surface area contributed by atoms with Gasteiger partial charge in [0.25, 0.3) is 0 Å². The fourth-order valence-corrected chi connectivity index (χ4v) is 4.29. The minimum absolute atomic E-state index is 0.148. The molecule has 3 aromatic rings. The molecule has 0 spiro atoms. The summed E-state index contributed by atoms with van der Waals surface area (Å²) < 4.78 is 15.1. The summed E-state index contributed by atoms with van der Waals surface area (Å²) in [5, 5.41) is 14.0. The van der Waals surface area contributed by atoms with E-state index >= 15 is 0 Å². The summed E-state index contributed by atoms with van der Waals surface area (Å²) in [6, 6.07) is 10.8. The summed E-state index contributed by atoms with van der Waals surface area (Å²) in [7, 11) is 0. The molecule has 0 bridgehead atoms. The van der Waals surface area contributed by atoms with Crippen LogP contribution < -0.4 is 10.2 Å². The summed E-state index contributed by atoms with van der Waals surface area (Å²) in [5.41, 5.74) is 0.745. The van der Waals surface area contributed by atoms with Crippen LogP contribution in [0.25, 0.3) is 11.0 Å². The van der Waals surface area contributed by atoms with Gasteiger partial charge in [0.2, 0.25) is 5.91 Å². The van der Waals surface area contributed by atoms with Crippen molar-refractivity contribution in [1.29, 1.82) is 0 Å². The van der Waals surface area contributed by atoms with Crippen molar-refractivity contribution in [2.75, 3.05) is 24.5 Å². The van der Waals surface area contributed by atoms with E-state index in [1.807, 2.05) is 33.7 Å². The first-order chi connectivity index (χ1) is 15.3. The molecule has 32 heavy (non-hydrogen) atoms. The SMILES string of the molecule is CC(C)Cc1nc2ccccc2n1CC(=O)NCC1(O)CCCN(c2ccc(F)cn2)C1. The first-order valence-electron chi connectivity index (χ1n) is 11.1. The Kier molecular flexibility index (Phi) is 6.41. The highest BCUT2D eigenvalue weighted by Gasteiger charge is 2.34. The van der Waals surface area contributed by atoms with Gasteiger partial charge in [0.1, 0.15) is 24.0 Å². The molecule has 170 valence electrons. The number of fused-ring (bicyclic) bond motifs is 1. The number of benzene rings is 1. The van der Waals surface area contributed by atoms with Crippen LogP contribution in [0.15, 0.2) is 42.6 Å². The van der Waals surface area contributed by atoms with Crippen LogP contribution in [-0.4, -0.2) is 50.8 Å². The van der Waals surface area contributed by atoms with Crippen LogP contribution >= 0.6 is 0 Å². The average molecular weight is 440 g/mol. The van der Waals surface area contributed by atoms with Gasteiger partial charge in [-0.1, -0.05) is 26.0 Å². The molecule has 1 aromatic carbocycles. The largest absolute Gasteiger partial charge is 0.386 e. The van der Waals surface area contributed by atoms with Gasteiger partial charge >= 0.3 is 0 Å². The van der Waals surface area contributed by atoms with Gasteiger partial charge in [0, 0.05) is 26.1 Å². The maximum absolute atomic E-state index is 13.2. The van der Waals surface area contributed by atoms with E-state index < -0.39 is 11.4 Å². The van der Waals surface area contributed by atoms with Crippen molar-refractivity contribution in [2.45, 2.75) is 45.3 Å². The molecule has 0 aliphatic carbocycles. The molecule has 1 atom stereocenters. The van der Waals surface area contributed by atoms with Crippen molar-refractivity contribution >= 4 is 22.8 Å². The highest BCUT2D eigenvalue weighted by atomic mass is 19.1.